The zero-order chi connectivity index (χ0) is 23.2. The van der Waals surface area contributed by atoms with Crippen LogP contribution in [0.25, 0.3) is 11.2 Å². The predicted molar refractivity (Wildman–Crippen MR) is 94.5 cm³/mol. The van der Waals surface area contributed by atoms with Crippen molar-refractivity contribution < 1.29 is 57.9 Å². The van der Waals surface area contributed by atoms with Crippen LogP contribution >= 0.6 is 7.82 Å². The first-order valence-electron chi connectivity index (χ1n) is 7.75. The Morgan fingerprint density at radius 3 is 2.29 bits per heavy atom. The highest BCUT2D eigenvalue weighted by Crippen LogP contribution is 2.52. The number of aliphatic hydroxyl groups is 2. The molecule has 31 heavy (non-hydrogen) atoms. The first kappa shape index (κ1) is 23.8. The van der Waals surface area contributed by atoms with Crippen molar-refractivity contribution in [3.05, 3.63) is 12.7 Å². The molecule has 1 fully saturated rings. The van der Waals surface area contributed by atoms with Crippen molar-refractivity contribution in [2.45, 2.75) is 24.5 Å². The van der Waals surface area contributed by atoms with Crippen molar-refractivity contribution in [2.75, 3.05) is 12.3 Å². The van der Waals surface area contributed by atoms with Crippen molar-refractivity contribution in [3.8, 4) is 0 Å². The van der Waals surface area contributed by atoms with Gasteiger partial charge >= 0.3 is 28.6 Å². The topological polar surface area (TPSA) is 273 Å². The third-order valence-electron chi connectivity index (χ3n) is 3.77. The number of nitrogens with two attached hydrogens (primary N) is 1. The molecule has 2 aromatic rings. The number of phosphoric acid groups is 1. The molecule has 1 aliphatic heterocycles. The van der Waals surface area contributed by atoms with Crippen LogP contribution in [0.15, 0.2) is 12.7 Å². The highest BCUT2D eigenvalue weighted by Gasteiger charge is 2.47. The fourth-order valence-corrected chi connectivity index (χ4v) is 5.45. The smallest absolute Gasteiger partial charge is 0.387 e. The summed E-state index contributed by atoms with van der Waals surface area (Å²) in [5.74, 6) is 0.0160. The number of anilines is 1. The van der Waals surface area contributed by atoms with Gasteiger partial charge in [-0.2, -0.15) is 16.8 Å². The van der Waals surface area contributed by atoms with Crippen LogP contribution in [-0.2, 0) is 42.6 Å². The first-order chi connectivity index (χ1) is 14.2. The van der Waals surface area contributed by atoms with Crippen molar-refractivity contribution in [1.29, 1.82) is 0 Å². The second-order valence-electron chi connectivity index (χ2n) is 5.88. The zero-order valence-corrected chi connectivity index (χ0v) is 17.3. The molecule has 1 saturated heterocycles. The van der Waals surface area contributed by atoms with Gasteiger partial charge in [-0.3, -0.25) is 18.2 Å². The molecular weight excluding hydrogens is 493 g/mol. The molecule has 0 aromatic carbocycles. The number of hydrogen-bond acceptors (Lipinski definition) is 15. The van der Waals surface area contributed by atoms with E-state index in [9.17, 15) is 31.6 Å². The van der Waals surface area contributed by atoms with E-state index in [2.05, 4.69) is 27.4 Å². The van der Waals surface area contributed by atoms with Crippen LogP contribution in [0.3, 0.4) is 0 Å². The van der Waals surface area contributed by atoms with Gasteiger partial charge in [-0.1, -0.05) is 0 Å². The summed E-state index contributed by atoms with van der Waals surface area (Å²) in [5.41, 5.74) is 5.92. The third kappa shape index (κ3) is 5.51. The number of aliphatic hydroxyl groups excluding tert-OH is 2. The van der Waals surface area contributed by atoms with E-state index in [4.69, 9.17) is 19.6 Å². The predicted octanol–water partition coefficient (Wildman–Crippen LogP) is -2.21. The SMILES string of the molecule is Nc1ncnc2c1ncn2[C@@H]1O[C@H](COP(=O)(OS(=O)(=O)O)OS(=O)(=O)O)[C@@H](O)[C@H]1O. The van der Waals surface area contributed by atoms with E-state index in [1.54, 1.807) is 0 Å². The summed E-state index contributed by atoms with van der Waals surface area (Å²) in [6.07, 6.45) is -4.08. The maximum atomic E-state index is 12.1. The van der Waals surface area contributed by atoms with Gasteiger partial charge in [0.25, 0.3) is 0 Å². The Labute approximate surface area is 173 Å². The average molecular weight is 507 g/mol. The molecule has 0 amide bonds. The molecule has 0 aliphatic carbocycles. The average Bonchev–Trinajstić information content (AvgIpc) is 3.13. The Balaban J connectivity index is 1.80. The summed E-state index contributed by atoms with van der Waals surface area (Å²) >= 11 is 0. The summed E-state index contributed by atoms with van der Waals surface area (Å²) in [5, 5.41) is 20.4. The fourth-order valence-electron chi connectivity index (χ4n) is 2.60. The Bertz CT molecular complexity index is 1190. The van der Waals surface area contributed by atoms with Crippen molar-refractivity contribution >= 4 is 45.6 Å². The Kier molecular flexibility index (Phi) is 6.34. The zero-order valence-electron chi connectivity index (χ0n) is 14.8. The normalized spacial score (nSPS) is 25.3. The minimum Gasteiger partial charge on any atom is -0.387 e. The molecule has 2 aromatic heterocycles. The Morgan fingerprint density at radius 2 is 1.71 bits per heavy atom. The highest BCUT2D eigenvalue weighted by atomic mass is 32.3. The van der Waals surface area contributed by atoms with E-state index in [0.717, 1.165) is 12.7 Å². The van der Waals surface area contributed by atoms with E-state index >= 15 is 0 Å². The van der Waals surface area contributed by atoms with Crippen molar-refractivity contribution in [2.24, 2.45) is 0 Å². The minimum absolute atomic E-state index is 0.0160. The van der Waals surface area contributed by atoms with Gasteiger partial charge in [0.15, 0.2) is 17.7 Å². The monoisotopic (exact) mass is 507 g/mol. The number of aromatic nitrogens is 4. The van der Waals surface area contributed by atoms with Gasteiger partial charge in [-0.25, -0.2) is 19.5 Å². The van der Waals surface area contributed by atoms with E-state index in [-0.39, 0.29) is 17.0 Å². The van der Waals surface area contributed by atoms with Crippen LogP contribution in [0.2, 0.25) is 0 Å². The Hall–Kier alpha value is -1.84. The number of imidazole rings is 1. The quantitative estimate of drug-likeness (QED) is 0.187. The molecule has 6 N–H and O–H groups in total. The molecule has 3 heterocycles. The van der Waals surface area contributed by atoms with Gasteiger partial charge in [-0.05, 0) is 0 Å². The molecule has 21 heteroatoms. The minimum atomic E-state index is -5.69. The third-order valence-corrected chi connectivity index (χ3v) is 7.20. The van der Waals surface area contributed by atoms with Gasteiger partial charge in [0, 0.05) is 0 Å². The van der Waals surface area contributed by atoms with Crippen LogP contribution in [0.4, 0.5) is 5.82 Å². The standard InChI is InChI=1S/C10H14N5O13PS2/c11-8-5-9(13-2-12-8)15(3-14-5)10-7(17)6(16)4(26-10)1-25-29(18,27-30(19,20)21)28-31(22,23)24/h2-4,6-7,10,16-17H,1H2,(H2,11,12,13)(H,19,20,21)(H,22,23,24)/t4-,6-,7-,10-/m1/s1. The molecule has 0 bridgehead atoms. The number of nitrogens with zero attached hydrogens (tertiary/aromatic N) is 4. The summed E-state index contributed by atoms with van der Waals surface area (Å²) in [6.45, 7) is -1.10. The fraction of sp³-hybridized carbons (Fsp3) is 0.500. The molecule has 0 radical (unpaired) electrons. The molecule has 18 nitrogen and oxygen atoms in total. The van der Waals surface area contributed by atoms with Crippen LogP contribution in [0.1, 0.15) is 6.23 Å². The molecule has 4 atom stereocenters. The van der Waals surface area contributed by atoms with Crippen LogP contribution < -0.4 is 5.73 Å². The largest absolute Gasteiger partial charge is 0.507 e. The number of nitrogen functional groups attached to an aromatic ring is 1. The number of ether oxygens (including phenoxy) is 1. The van der Waals surface area contributed by atoms with E-state index in [1.807, 2.05) is 0 Å². The van der Waals surface area contributed by atoms with Gasteiger partial charge in [0.05, 0.1) is 12.9 Å². The number of hydrogen-bond donors (Lipinski definition) is 5. The van der Waals surface area contributed by atoms with Crippen molar-refractivity contribution in [3.63, 3.8) is 0 Å². The second kappa shape index (κ2) is 8.26. The maximum Gasteiger partial charge on any atom is 0.507 e. The lowest BCUT2D eigenvalue weighted by molar-refractivity contribution is -0.0498. The van der Waals surface area contributed by atoms with Crippen molar-refractivity contribution in [1.82, 2.24) is 19.5 Å². The first-order valence-corrected chi connectivity index (χ1v) is 11.9. The lowest BCUT2D eigenvalue weighted by atomic mass is 10.1. The number of rotatable bonds is 8. The molecular formula is C10H14N5O13PS2. The lowest BCUT2D eigenvalue weighted by Crippen LogP contribution is -2.33. The number of fused-ring (bicyclic) bond motifs is 1. The van der Waals surface area contributed by atoms with Crippen LogP contribution in [0.5, 0.6) is 0 Å². The van der Waals surface area contributed by atoms with Gasteiger partial charge in [0.2, 0.25) is 0 Å². The highest BCUT2D eigenvalue weighted by molar-refractivity contribution is 7.89. The lowest BCUT2D eigenvalue weighted by Gasteiger charge is -2.18. The maximum absolute atomic E-state index is 12.1. The molecule has 3 rings (SSSR count). The van der Waals surface area contributed by atoms with E-state index in [1.165, 1.54) is 4.57 Å². The summed E-state index contributed by atoms with van der Waals surface area (Å²) in [6, 6.07) is 0. The van der Waals surface area contributed by atoms with Crippen LogP contribution in [0, 0.1) is 0 Å². The summed E-state index contributed by atoms with van der Waals surface area (Å²) in [4.78, 5) is 11.6. The van der Waals surface area contributed by atoms with Gasteiger partial charge in [-0.15, -0.1) is 7.94 Å². The molecule has 0 saturated carbocycles. The Morgan fingerprint density at radius 1 is 1.10 bits per heavy atom. The summed E-state index contributed by atoms with van der Waals surface area (Å²) < 4.78 is 90.5. The van der Waals surface area contributed by atoms with Crippen LogP contribution in [-0.4, -0.2) is 80.6 Å². The van der Waals surface area contributed by atoms with E-state index < -0.39 is 59.8 Å². The molecule has 0 spiro atoms. The summed E-state index contributed by atoms with van der Waals surface area (Å²) in [7, 11) is -16.8. The second-order valence-corrected chi connectivity index (χ2v) is 9.93. The molecule has 1 aliphatic rings. The molecule has 0 unspecified atom stereocenters. The van der Waals surface area contributed by atoms with E-state index in [0.29, 0.717) is 0 Å². The van der Waals surface area contributed by atoms with Gasteiger partial charge in [0.1, 0.15) is 30.2 Å². The van der Waals surface area contributed by atoms with Gasteiger partial charge < -0.3 is 20.7 Å². The molecule has 174 valence electrons.